The Bertz CT molecular complexity index is 1040. The van der Waals surface area contributed by atoms with Crippen LogP contribution < -0.4 is 15.1 Å². The topological polar surface area (TPSA) is 71.8 Å². The van der Waals surface area contributed by atoms with Crippen LogP contribution in [0, 0.1) is 11.7 Å². The van der Waals surface area contributed by atoms with Crippen LogP contribution in [-0.2, 0) is 6.42 Å². The number of carboxylic acid groups (broad SMARTS) is 1. The molecule has 2 aromatic rings. The Morgan fingerprint density at radius 2 is 1.97 bits per heavy atom. The number of nitrogens with zero attached hydrogens (tertiary/aromatic N) is 2. The van der Waals surface area contributed by atoms with E-state index in [2.05, 4.69) is 4.90 Å². The Labute approximate surface area is 168 Å². The molecule has 0 spiro atoms. The summed E-state index contributed by atoms with van der Waals surface area (Å²) in [4.78, 5) is 26.1. The van der Waals surface area contributed by atoms with Crippen LogP contribution in [0.15, 0.2) is 23.1 Å². The number of carboxylic acids is 1. The van der Waals surface area contributed by atoms with Gasteiger partial charge in [-0.15, -0.1) is 0 Å². The van der Waals surface area contributed by atoms with Crippen LogP contribution in [0.25, 0.3) is 11.3 Å². The van der Waals surface area contributed by atoms with Gasteiger partial charge in [0.15, 0.2) is 5.82 Å². The Morgan fingerprint density at radius 3 is 2.55 bits per heavy atom. The van der Waals surface area contributed by atoms with Gasteiger partial charge in [0.1, 0.15) is 11.3 Å². The number of aromatic nitrogens is 1. The highest BCUT2D eigenvalue weighted by molar-refractivity contribution is 5.88. The molecule has 1 N–H and O–H groups in total. The number of methoxy groups -OCH3 is 1. The molecule has 0 amide bonds. The number of anilines is 1. The smallest absolute Gasteiger partial charge is 0.341 e. The minimum atomic E-state index is -1.42. The lowest BCUT2D eigenvalue weighted by molar-refractivity contribution is 0.0693. The van der Waals surface area contributed by atoms with Crippen molar-refractivity contribution in [2.75, 3.05) is 25.1 Å². The molecule has 2 aliphatic rings. The fraction of sp³-hybridized carbons (Fsp3) is 0.455. The molecule has 3 heterocycles. The van der Waals surface area contributed by atoms with Gasteiger partial charge < -0.3 is 19.3 Å². The third kappa shape index (κ3) is 3.09. The predicted molar refractivity (Wildman–Crippen MR) is 109 cm³/mol. The summed E-state index contributed by atoms with van der Waals surface area (Å²) < 4.78 is 22.4. The summed E-state index contributed by atoms with van der Waals surface area (Å²) in [5.74, 6) is -1.68. The predicted octanol–water partition coefficient (Wildman–Crippen LogP) is 3.71. The lowest BCUT2D eigenvalue weighted by Crippen LogP contribution is -2.31. The molecule has 154 valence electrons. The number of aromatic carboxylic acids is 1. The molecular formula is C22H25FN2O4. The zero-order valence-electron chi connectivity index (χ0n) is 16.9. The molecule has 6 nitrogen and oxygen atoms in total. The van der Waals surface area contributed by atoms with Gasteiger partial charge in [-0.2, -0.15) is 0 Å². The maximum Gasteiger partial charge on any atom is 0.341 e. The maximum atomic E-state index is 15.2. The summed E-state index contributed by atoms with van der Waals surface area (Å²) in [6, 6.07) is 3.69. The zero-order chi connectivity index (χ0) is 20.9. The fourth-order valence-corrected chi connectivity index (χ4v) is 4.52. The zero-order valence-corrected chi connectivity index (χ0v) is 16.9. The number of halogens is 1. The molecule has 7 heteroatoms. The van der Waals surface area contributed by atoms with E-state index in [1.165, 1.54) is 6.20 Å². The normalized spacial score (nSPS) is 18.0. The summed E-state index contributed by atoms with van der Waals surface area (Å²) in [6.45, 7) is 5.94. The van der Waals surface area contributed by atoms with E-state index >= 15 is 4.39 Å². The summed E-state index contributed by atoms with van der Waals surface area (Å²) in [6.07, 6.45) is 4.17. The molecular weight excluding hydrogens is 375 g/mol. The number of carbonyl (C=O) groups is 1. The first kappa shape index (κ1) is 19.5. The lowest BCUT2D eigenvalue weighted by atomic mass is 9.86. The van der Waals surface area contributed by atoms with Crippen LogP contribution in [0.4, 0.5) is 10.1 Å². The number of benzene rings is 1. The monoisotopic (exact) mass is 400 g/mol. The molecule has 0 radical (unpaired) electrons. The SMILES string of the molecule is COc1cc2c(cc1N1CCCC1)CC(C(C)C)n1cc(C(=O)O)c(=O)c(F)c1-2. The molecule has 29 heavy (non-hydrogen) atoms. The highest BCUT2D eigenvalue weighted by atomic mass is 19.1. The van der Waals surface area contributed by atoms with Gasteiger partial charge in [0.25, 0.3) is 0 Å². The molecule has 1 fully saturated rings. The summed E-state index contributed by atoms with van der Waals surface area (Å²) in [5.41, 5.74) is 1.06. The van der Waals surface area contributed by atoms with E-state index in [9.17, 15) is 14.7 Å². The van der Waals surface area contributed by atoms with Gasteiger partial charge in [-0.1, -0.05) is 13.8 Å². The number of ether oxygens (including phenoxy) is 1. The number of fused-ring (bicyclic) bond motifs is 3. The van der Waals surface area contributed by atoms with Gasteiger partial charge in [0, 0.05) is 30.9 Å². The van der Waals surface area contributed by atoms with E-state index in [1.54, 1.807) is 17.7 Å². The van der Waals surface area contributed by atoms with Crippen LogP contribution in [0.1, 0.15) is 48.7 Å². The van der Waals surface area contributed by atoms with Crippen molar-refractivity contribution in [3.63, 3.8) is 0 Å². The third-order valence-electron chi connectivity index (χ3n) is 6.07. The van der Waals surface area contributed by atoms with Crippen molar-refractivity contribution in [3.8, 4) is 17.0 Å². The molecule has 1 unspecified atom stereocenters. The van der Waals surface area contributed by atoms with Gasteiger partial charge in [0.2, 0.25) is 5.43 Å². The average molecular weight is 400 g/mol. The summed E-state index contributed by atoms with van der Waals surface area (Å²) >= 11 is 0. The second kappa shape index (κ2) is 7.21. The standard InChI is InChI=1S/C22H25FN2O4/c1-12(2)16-8-13-9-17(24-6-4-5-7-24)18(29-3)10-14(13)20-19(23)21(26)15(22(27)28)11-25(16)20/h9-12,16H,4-8H2,1-3H3,(H,27,28). The van der Waals surface area contributed by atoms with E-state index < -0.39 is 22.8 Å². The second-order valence-corrected chi connectivity index (χ2v) is 8.14. The van der Waals surface area contributed by atoms with Gasteiger partial charge in [-0.25, -0.2) is 9.18 Å². The average Bonchev–Trinajstić information content (AvgIpc) is 3.22. The van der Waals surface area contributed by atoms with Crippen molar-refractivity contribution < 1.29 is 19.0 Å². The molecule has 1 aromatic carbocycles. The van der Waals surface area contributed by atoms with Gasteiger partial charge in [0.05, 0.1) is 18.5 Å². The first-order valence-corrected chi connectivity index (χ1v) is 9.97. The Balaban J connectivity index is 1.99. The fourth-order valence-electron chi connectivity index (χ4n) is 4.52. The van der Waals surface area contributed by atoms with Crippen molar-refractivity contribution in [2.45, 2.75) is 39.2 Å². The second-order valence-electron chi connectivity index (χ2n) is 8.14. The lowest BCUT2D eigenvalue weighted by Gasteiger charge is -2.34. The Kier molecular flexibility index (Phi) is 4.84. The summed E-state index contributed by atoms with van der Waals surface area (Å²) in [7, 11) is 1.58. The molecule has 1 atom stereocenters. The van der Waals surface area contributed by atoms with Gasteiger partial charge in [-0.05, 0) is 42.9 Å². The molecule has 1 aromatic heterocycles. The van der Waals surface area contributed by atoms with E-state index in [0.29, 0.717) is 17.7 Å². The highest BCUT2D eigenvalue weighted by Gasteiger charge is 2.33. The van der Waals surface area contributed by atoms with Crippen molar-refractivity contribution >= 4 is 11.7 Å². The molecule has 4 rings (SSSR count). The molecule has 1 saturated heterocycles. The minimum absolute atomic E-state index is 0.128. The van der Waals surface area contributed by atoms with Crippen molar-refractivity contribution in [1.82, 2.24) is 4.57 Å². The first-order valence-electron chi connectivity index (χ1n) is 9.97. The first-order chi connectivity index (χ1) is 13.8. The van der Waals surface area contributed by atoms with Crippen LogP contribution in [0.5, 0.6) is 5.75 Å². The number of hydrogen-bond donors (Lipinski definition) is 1. The van der Waals surface area contributed by atoms with Crippen LogP contribution in [0.2, 0.25) is 0 Å². The largest absolute Gasteiger partial charge is 0.495 e. The van der Waals surface area contributed by atoms with E-state index in [0.717, 1.165) is 37.2 Å². The van der Waals surface area contributed by atoms with Gasteiger partial charge >= 0.3 is 5.97 Å². The molecule has 0 saturated carbocycles. The van der Waals surface area contributed by atoms with Crippen LogP contribution in [-0.4, -0.2) is 35.8 Å². The Hall–Kier alpha value is -2.83. The molecule has 0 aliphatic carbocycles. The molecule has 2 aliphatic heterocycles. The number of hydrogen-bond acceptors (Lipinski definition) is 4. The van der Waals surface area contributed by atoms with Crippen molar-refractivity contribution in [3.05, 3.63) is 45.5 Å². The van der Waals surface area contributed by atoms with E-state index in [4.69, 9.17) is 4.74 Å². The minimum Gasteiger partial charge on any atom is -0.495 e. The van der Waals surface area contributed by atoms with Crippen LogP contribution >= 0.6 is 0 Å². The van der Waals surface area contributed by atoms with Crippen LogP contribution in [0.3, 0.4) is 0 Å². The maximum absolute atomic E-state index is 15.2. The van der Waals surface area contributed by atoms with Gasteiger partial charge in [-0.3, -0.25) is 4.79 Å². The highest BCUT2D eigenvalue weighted by Crippen LogP contribution is 2.44. The molecule has 0 bridgehead atoms. The quantitative estimate of drug-likeness (QED) is 0.847. The Morgan fingerprint density at radius 1 is 1.28 bits per heavy atom. The van der Waals surface area contributed by atoms with Crippen molar-refractivity contribution in [1.29, 1.82) is 0 Å². The number of pyridine rings is 1. The van der Waals surface area contributed by atoms with E-state index in [-0.39, 0.29) is 17.7 Å². The van der Waals surface area contributed by atoms with E-state index in [1.807, 2.05) is 19.9 Å². The number of rotatable bonds is 4. The van der Waals surface area contributed by atoms with Crippen molar-refractivity contribution in [2.24, 2.45) is 5.92 Å². The third-order valence-corrected chi connectivity index (χ3v) is 6.07. The summed E-state index contributed by atoms with van der Waals surface area (Å²) in [5, 5.41) is 9.35.